The number of ether oxygens (including phenoxy) is 2. The zero-order valence-corrected chi connectivity index (χ0v) is 22.4. The lowest BCUT2D eigenvalue weighted by atomic mass is 10.0. The zero-order valence-electron chi connectivity index (χ0n) is 21.5. The number of rotatable bonds is 24. The third-order valence-electron chi connectivity index (χ3n) is 5.63. The third-order valence-corrected chi connectivity index (χ3v) is 6.11. The molecule has 0 aliphatic heterocycles. The van der Waals surface area contributed by atoms with Gasteiger partial charge in [-0.25, -0.2) is 4.57 Å². The maximum Gasteiger partial charge on any atom is 0.469 e. The van der Waals surface area contributed by atoms with Crippen molar-refractivity contribution >= 4 is 19.8 Å². The van der Waals surface area contributed by atoms with Crippen molar-refractivity contribution in [1.82, 2.24) is 0 Å². The molecule has 0 aliphatic carbocycles. The molecule has 0 spiro atoms. The molecule has 202 valence electrons. The molecule has 0 heterocycles. The second-order valence-electron chi connectivity index (χ2n) is 9.03. The van der Waals surface area contributed by atoms with E-state index in [9.17, 15) is 14.2 Å². The molecule has 2 N–H and O–H groups in total. The van der Waals surface area contributed by atoms with Crippen LogP contribution in [0, 0.1) is 0 Å². The fraction of sp³-hybridized carbons (Fsp3) is 0.920. The van der Waals surface area contributed by atoms with Crippen LogP contribution in [0.15, 0.2) is 0 Å². The summed E-state index contributed by atoms with van der Waals surface area (Å²) in [6, 6.07) is 0. The zero-order chi connectivity index (χ0) is 25.5. The van der Waals surface area contributed by atoms with Gasteiger partial charge in [-0.05, 0) is 12.8 Å². The maximum absolute atomic E-state index is 12.1. The van der Waals surface area contributed by atoms with E-state index in [1.165, 1.54) is 57.8 Å². The fourth-order valence-corrected chi connectivity index (χ4v) is 3.97. The van der Waals surface area contributed by atoms with Gasteiger partial charge in [-0.15, -0.1) is 0 Å². The number of hydrogen-bond donors (Lipinski definition) is 2. The van der Waals surface area contributed by atoms with Crippen molar-refractivity contribution in [3.05, 3.63) is 0 Å². The fourth-order valence-electron chi connectivity index (χ4n) is 3.61. The number of hydrogen-bond acceptors (Lipinski definition) is 6. The number of phosphoric ester groups is 1. The molecule has 0 saturated carbocycles. The Labute approximate surface area is 206 Å². The first-order chi connectivity index (χ1) is 16.3. The largest absolute Gasteiger partial charge is 0.469 e. The van der Waals surface area contributed by atoms with Gasteiger partial charge >= 0.3 is 19.8 Å². The first-order valence-electron chi connectivity index (χ1n) is 13.3. The van der Waals surface area contributed by atoms with E-state index in [0.29, 0.717) is 12.8 Å². The lowest BCUT2D eigenvalue weighted by Crippen LogP contribution is -2.29. The Bertz CT molecular complexity index is 549. The van der Waals surface area contributed by atoms with Crippen molar-refractivity contribution in [3.8, 4) is 0 Å². The summed E-state index contributed by atoms with van der Waals surface area (Å²) in [5, 5.41) is 0. The Hall–Kier alpha value is -0.950. The predicted molar refractivity (Wildman–Crippen MR) is 133 cm³/mol. The lowest BCUT2D eigenvalue weighted by molar-refractivity contribution is -0.161. The number of carbonyl (C=O) groups excluding carboxylic acids is 2. The van der Waals surface area contributed by atoms with Crippen molar-refractivity contribution < 1.29 is 37.9 Å². The second-order valence-corrected chi connectivity index (χ2v) is 10.3. The topological polar surface area (TPSA) is 119 Å². The van der Waals surface area contributed by atoms with Crippen LogP contribution in [0.3, 0.4) is 0 Å². The van der Waals surface area contributed by atoms with Gasteiger partial charge in [-0.2, -0.15) is 0 Å². The van der Waals surface area contributed by atoms with Crippen LogP contribution in [0.25, 0.3) is 0 Å². The Balaban J connectivity index is 3.95. The van der Waals surface area contributed by atoms with Crippen LogP contribution in [0.2, 0.25) is 0 Å². The summed E-state index contributed by atoms with van der Waals surface area (Å²) in [6.45, 7) is 3.45. The summed E-state index contributed by atoms with van der Waals surface area (Å²) < 4.78 is 25.7. The molecule has 34 heavy (non-hydrogen) atoms. The van der Waals surface area contributed by atoms with Crippen LogP contribution in [0.4, 0.5) is 0 Å². The minimum Gasteiger partial charge on any atom is -0.462 e. The molecule has 0 saturated heterocycles. The average Bonchev–Trinajstić information content (AvgIpc) is 2.78. The van der Waals surface area contributed by atoms with Gasteiger partial charge in [0.25, 0.3) is 0 Å². The van der Waals surface area contributed by atoms with Crippen molar-refractivity contribution in [3.63, 3.8) is 0 Å². The van der Waals surface area contributed by atoms with Crippen molar-refractivity contribution in [2.45, 2.75) is 136 Å². The molecule has 0 aromatic heterocycles. The van der Waals surface area contributed by atoms with Gasteiger partial charge in [-0.1, -0.05) is 104 Å². The van der Waals surface area contributed by atoms with E-state index in [1.54, 1.807) is 0 Å². The molecule has 0 aromatic rings. The van der Waals surface area contributed by atoms with E-state index in [2.05, 4.69) is 11.4 Å². The molecule has 0 radical (unpaired) electrons. The lowest BCUT2D eigenvalue weighted by Gasteiger charge is -2.18. The summed E-state index contributed by atoms with van der Waals surface area (Å²) in [7, 11) is -4.72. The third kappa shape index (κ3) is 24.2. The quantitative estimate of drug-likeness (QED) is 0.0849. The van der Waals surface area contributed by atoms with Gasteiger partial charge < -0.3 is 19.3 Å². The summed E-state index contributed by atoms with van der Waals surface area (Å²) >= 11 is 0. The van der Waals surface area contributed by atoms with Gasteiger partial charge in [0.15, 0.2) is 6.10 Å². The van der Waals surface area contributed by atoms with Crippen molar-refractivity contribution in [2.75, 3.05) is 13.2 Å². The first-order valence-corrected chi connectivity index (χ1v) is 14.9. The van der Waals surface area contributed by atoms with Crippen LogP contribution in [-0.4, -0.2) is 41.0 Å². The highest BCUT2D eigenvalue weighted by atomic mass is 31.2. The van der Waals surface area contributed by atoms with Crippen LogP contribution in [0.1, 0.15) is 129 Å². The first kappa shape index (κ1) is 33.0. The molecule has 1 unspecified atom stereocenters. The normalized spacial score (nSPS) is 12.5. The van der Waals surface area contributed by atoms with Crippen LogP contribution < -0.4 is 0 Å². The van der Waals surface area contributed by atoms with E-state index < -0.39 is 32.5 Å². The summed E-state index contributed by atoms with van der Waals surface area (Å²) in [5.74, 6) is -0.911. The van der Waals surface area contributed by atoms with E-state index in [4.69, 9.17) is 19.3 Å². The minimum absolute atomic E-state index is 0.217. The second kappa shape index (κ2) is 22.5. The van der Waals surface area contributed by atoms with Gasteiger partial charge in [0.1, 0.15) is 6.61 Å². The Morgan fingerprint density at radius 2 is 1.06 bits per heavy atom. The van der Waals surface area contributed by atoms with Gasteiger partial charge in [-0.3, -0.25) is 14.1 Å². The van der Waals surface area contributed by atoms with Crippen LogP contribution in [-0.2, 0) is 28.2 Å². The summed E-state index contributed by atoms with van der Waals surface area (Å²) in [4.78, 5) is 41.7. The molecule has 0 amide bonds. The van der Waals surface area contributed by atoms with Crippen molar-refractivity contribution in [2.24, 2.45) is 0 Å². The Kier molecular flexibility index (Phi) is 21.9. The highest BCUT2D eigenvalue weighted by Crippen LogP contribution is 2.35. The average molecular weight is 509 g/mol. The molecule has 0 aromatic carbocycles. The van der Waals surface area contributed by atoms with Gasteiger partial charge in [0.2, 0.25) is 0 Å². The Morgan fingerprint density at radius 1 is 0.647 bits per heavy atom. The highest BCUT2D eigenvalue weighted by molar-refractivity contribution is 7.46. The smallest absolute Gasteiger partial charge is 0.462 e. The summed E-state index contributed by atoms with van der Waals surface area (Å²) in [5.41, 5.74) is 0. The summed E-state index contributed by atoms with van der Waals surface area (Å²) in [6.07, 6.45) is 17.7. The van der Waals surface area contributed by atoms with E-state index in [0.717, 1.165) is 32.1 Å². The predicted octanol–water partition coefficient (Wildman–Crippen LogP) is 6.61. The molecule has 1 atom stereocenters. The molecule has 0 rings (SSSR count). The molecule has 0 aliphatic rings. The molecular weight excluding hydrogens is 459 g/mol. The van der Waals surface area contributed by atoms with E-state index in [-0.39, 0.29) is 19.4 Å². The minimum atomic E-state index is -4.72. The van der Waals surface area contributed by atoms with Gasteiger partial charge in [0.05, 0.1) is 6.61 Å². The Morgan fingerprint density at radius 3 is 1.56 bits per heavy atom. The number of phosphoric acid groups is 1. The highest BCUT2D eigenvalue weighted by Gasteiger charge is 2.22. The van der Waals surface area contributed by atoms with E-state index in [1.807, 2.05) is 6.92 Å². The number of carbonyl (C=O) groups is 2. The molecule has 0 fully saturated rings. The monoisotopic (exact) mass is 508 g/mol. The SMILES string of the molecule is CCCCCCCCCCCCCCCC(=O)OC(COC(=O)CCCCC)COP(=O)(O)O. The molecule has 9 heteroatoms. The van der Waals surface area contributed by atoms with Crippen LogP contribution in [0.5, 0.6) is 0 Å². The van der Waals surface area contributed by atoms with Crippen molar-refractivity contribution in [1.29, 1.82) is 0 Å². The number of unbranched alkanes of at least 4 members (excludes halogenated alkanes) is 14. The van der Waals surface area contributed by atoms with Gasteiger partial charge in [0, 0.05) is 12.8 Å². The van der Waals surface area contributed by atoms with E-state index >= 15 is 0 Å². The standard InChI is InChI=1S/C25H49O8P/c1-3-5-7-8-9-10-11-12-13-14-15-16-18-20-25(27)33-23(22-32-34(28,29)30)21-31-24(26)19-17-6-4-2/h23H,3-22H2,1-2H3,(H2,28,29,30). The maximum atomic E-state index is 12.1. The van der Waals surface area contributed by atoms with Crippen LogP contribution >= 0.6 is 7.82 Å². The molecule has 8 nitrogen and oxygen atoms in total. The molecule has 0 bridgehead atoms. The number of esters is 2. The molecular formula is C25H49O8P.